The van der Waals surface area contributed by atoms with Crippen LogP contribution >= 0.6 is 0 Å². The Morgan fingerprint density at radius 2 is 2.00 bits per heavy atom. The molecule has 0 saturated carbocycles. The summed E-state index contributed by atoms with van der Waals surface area (Å²) < 4.78 is 5.49. The lowest BCUT2D eigenvalue weighted by Crippen LogP contribution is -2.23. The topological polar surface area (TPSA) is 80.3 Å². The molecule has 0 saturated heterocycles. The van der Waals surface area contributed by atoms with Gasteiger partial charge in [-0.3, -0.25) is 9.59 Å². The van der Waals surface area contributed by atoms with E-state index in [9.17, 15) is 9.59 Å². The number of benzene rings is 1. The first kappa shape index (κ1) is 18.4. The summed E-state index contributed by atoms with van der Waals surface area (Å²) in [4.78, 5) is 27.7. The predicted octanol–water partition coefficient (Wildman–Crippen LogP) is 3.07. The maximum atomic E-state index is 12.4. The third kappa shape index (κ3) is 5.60. The Labute approximate surface area is 147 Å². The van der Waals surface area contributed by atoms with Crippen LogP contribution < -0.4 is 15.4 Å². The van der Waals surface area contributed by atoms with Crippen LogP contribution in [0.15, 0.2) is 36.5 Å². The molecule has 0 aliphatic carbocycles. The molecule has 0 atom stereocenters. The molecule has 6 heteroatoms. The van der Waals surface area contributed by atoms with Crippen molar-refractivity contribution in [3.8, 4) is 5.88 Å². The number of anilines is 1. The molecule has 2 amide bonds. The first-order chi connectivity index (χ1) is 12.0. The lowest BCUT2D eigenvalue weighted by atomic mass is 10.1. The quantitative estimate of drug-likeness (QED) is 0.811. The summed E-state index contributed by atoms with van der Waals surface area (Å²) in [6.45, 7) is 6.32. The smallest absolute Gasteiger partial charge is 0.251 e. The maximum Gasteiger partial charge on any atom is 0.251 e. The summed E-state index contributed by atoms with van der Waals surface area (Å²) in [5.41, 5.74) is 2.94. The molecule has 6 nitrogen and oxygen atoms in total. The van der Waals surface area contributed by atoms with Crippen molar-refractivity contribution in [2.24, 2.45) is 0 Å². The number of carbonyl (C=O) groups is 2. The normalized spacial score (nSPS) is 10.2. The van der Waals surface area contributed by atoms with Crippen molar-refractivity contribution >= 4 is 17.5 Å². The highest BCUT2D eigenvalue weighted by Crippen LogP contribution is 2.17. The Hall–Kier alpha value is -2.89. The van der Waals surface area contributed by atoms with Crippen molar-refractivity contribution in [2.45, 2.75) is 33.7 Å². The molecule has 1 aromatic heterocycles. The van der Waals surface area contributed by atoms with E-state index in [-0.39, 0.29) is 11.8 Å². The first-order valence-electron chi connectivity index (χ1n) is 8.23. The van der Waals surface area contributed by atoms with Crippen LogP contribution in [0.3, 0.4) is 0 Å². The Morgan fingerprint density at radius 3 is 2.72 bits per heavy atom. The van der Waals surface area contributed by atoms with E-state index in [1.807, 2.05) is 32.0 Å². The van der Waals surface area contributed by atoms with Crippen molar-refractivity contribution < 1.29 is 14.3 Å². The number of carbonyl (C=O) groups excluding carboxylic acids is 2. The molecule has 0 bridgehead atoms. The molecule has 2 rings (SSSR count). The van der Waals surface area contributed by atoms with Crippen LogP contribution in [0.5, 0.6) is 5.88 Å². The highest BCUT2D eigenvalue weighted by Gasteiger charge is 2.09. The van der Waals surface area contributed by atoms with Gasteiger partial charge in [-0.25, -0.2) is 4.98 Å². The second kappa shape index (κ2) is 8.82. The third-order valence-electron chi connectivity index (χ3n) is 3.52. The first-order valence-corrected chi connectivity index (χ1v) is 8.23. The fourth-order valence-electron chi connectivity index (χ4n) is 2.22. The predicted molar refractivity (Wildman–Crippen MR) is 96.7 cm³/mol. The standard InChI is InChI=1S/C19H23N3O3/c1-4-9-25-18-10-15(7-8-20-18)12-21-19(24)16-6-5-13(2)17(11-16)22-14(3)23/h5-8,10-11H,4,9,12H2,1-3H3,(H,21,24)(H,22,23). The summed E-state index contributed by atoms with van der Waals surface area (Å²) in [6.07, 6.45) is 2.57. The van der Waals surface area contributed by atoms with Gasteiger partial charge < -0.3 is 15.4 Å². The maximum absolute atomic E-state index is 12.4. The molecule has 1 aromatic carbocycles. The largest absolute Gasteiger partial charge is 0.478 e. The number of nitrogens with one attached hydrogen (secondary N) is 2. The molecule has 132 valence electrons. The van der Waals surface area contributed by atoms with Crippen LogP contribution in [-0.2, 0) is 11.3 Å². The molecule has 0 fully saturated rings. The van der Waals surface area contributed by atoms with E-state index in [1.165, 1.54) is 6.92 Å². The molecule has 0 unspecified atom stereocenters. The van der Waals surface area contributed by atoms with Gasteiger partial charge in [0.05, 0.1) is 6.61 Å². The molecule has 2 N–H and O–H groups in total. The van der Waals surface area contributed by atoms with E-state index in [4.69, 9.17) is 4.74 Å². The molecule has 0 spiro atoms. The molecule has 1 heterocycles. The van der Waals surface area contributed by atoms with Crippen LogP contribution in [0.2, 0.25) is 0 Å². The van der Waals surface area contributed by atoms with Gasteiger partial charge in [0.2, 0.25) is 11.8 Å². The van der Waals surface area contributed by atoms with Gasteiger partial charge in [-0.2, -0.15) is 0 Å². The van der Waals surface area contributed by atoms with E-state index in [1.54, 1.807) is 18.3 Å². The third-order valence-corrected chi connectivity index (χ3v) is 3.52. The minimum atomic E-state index is -0.209. The minimum absolute atomic E-state index is 0.169. The van der Waals surface area contributed by atoms with Gasteiger partial charge in [-0.1, -0.05) is 13.0 Å². The number of aryl methyl sites for hydroxylation is 1. The summed E-state index contributed by atoms with van der Waals surface area (Å²) in [5, 5.41) is 5.59. The minimum Gasteiger partial charge on any atom is -0.478 e. The fraction of sp³-hybridized carbons (Fsp3) is 0.316. The highest BCUT2D eigenvalue weighted by atomic mass is 16.5. The molecule has 0 aliphatic rings. The molecule has 0 radical (unpaired) electrons. The zero-order valence-corrected chi connectivity index (χ0v) is 14.8. The van der Waals surface area contributed by atoms with Crippen LogP contribution in [0.25, 0.3) is 0 Å². The van der Waals surface area contributed by atoms with E-state index in [0.717, 1.165) is 17.5 Å². The molecule has 25 heavy (non-hydrogen) atoms. The van der Waals surface area contributed by atoms with Gasteiger partial charge in [-0.15, -0.1) is 0 Å². The number of pyridine rings is 1. The zero-order chi connectivity index (χ0) is 18.2. The number of nitrogens with zero attached hydrogens (tertiary/aromatic N) is 1. The second-order valence-corrected chi connectivity index (χ2v) is 5.74. The van der Waals surface area contributed by atoms with Crippen molar-refractivity contribution in [3.63, 3.8) is 0 Å². The van der Waals surface area contributed by atoms with Crippen LogP contribution in [0.4, 0.5) is 5.69 Å². The van der Waals surface area contributed by atoms with Gasteiger partial charge in [0, 0.05) is 37.0 Å². The van der Waals surface area contributed by atoms with E-state index in [2.05, 4.69) is 15.6 Å². The van der Waals surface area contributed by atoms with E-state index >= 15 is 0 Å². The van der Waals surface area contributed by atoms with Gasteiger partial charge in [0.1, 0.15) is 0 Å². The van der Waals surface area contributed by atoms with Crippen molar-refractivity contribution in [2.75, 3.05) is 11.9 Å². The summed E-state index contributed by atoms with van der Waals surface area (Å²) in [7, 11) is 0. The van der Waals surface area contributed by atoms with Crippen molar-refractivity contribution in [1.82, 2.24) is 10.3 Å². The molecular formula is C19H23N3O3. The monoisotopic (exact) mass is 341 g/mol. The van der Waals surface area contributed by atoms with Crippen LogP contribution in [0, 0.1) is 6.92 Å². The number of aromatic nitrogens is 1. The second-order valence-electron chi connectivity index (χ2n) is 5.74. The van der Waals surface area contributed by atoms with Crippen LogP contribution in [0.1, 0.15) is 41.8 Å². The lowest BCUT2D eigenvalue weighted by molar-refractivity contribution is -0.114. The highest BCUT2D eigenvalue weighted by molar-refractivity contribution is 5.97. The summed E-state index contributed by atoms with van der Waals surface area (Å²) in [5.74, 6) is 0.174. The fourth-order valence-corrected chi connectivity index (χ4v) is 2.22. The Morgan fingerprint density at radius 1 is 1.20 bits per heavy atom. The van der Waals surface area contributed by atoms with E-state index < -0.39 is 0 Å². The van der Waals surface area contributed by atoms with Gasteiger partial charge in [0.15, 0.2) is 0 Å². The Bertz CT molecular complexity index is 759. The summed E-state index contributed by atoms with van der Waals surface area (Å²) >= 11 is 0. The van der Waals surface area contributed by atoms with E-state index in [0.29, 0.717) is 30.3 Å². The molecule has 2 aromatic rings. The van der Waals surface area contributed by atoms with Crippen LogP contribution in [-0.4, -0.2) is 23.4 Å². The average molecular weight is 341 g/mol. The average Bonchev–Trinajstić information content (AvgIpc) is 2.59. The SMILES string of the molecule is CCCOc1cc(CNC(=O)c2ccc(C)c(NC(C)=O)c2)ccn1. The number of ether oxygens (including phenoxy) is 1. The number of amides is 2. The lowest BCUT2D eigenvalue weighted by Gasteiger charge is -2.10. The molecular weight excluding hydrogens is 318 g/mol. The number of hydrogen-bond acceptors (Lipinski definition) is 4. The Balaban J connectivity index is 2.01. The van der Waals surface area contributed by atoms with Gasteiger partial charge in [-0.05, 0) is 42.7 Å². The molecule has 0 aliphatic heterocycles. The Kier molecular flexibility index (Phi) is 6.51. The zero-order valence-electron chi connectivity index (χ0n) is 14.8. The van der Waals surface area contributed by atoms with Gasteiger partial charge >= 0.3 is 0 Å². The number of rotatable bonds is 7. The summed E-state index contributed by atoms with van der Waals surface area (Å²) in [6, 6.07) is 8.86. The van der Waals surface area contributed by atoms with Gasteiger partial charge in [0.25, 0.3) is 5.91 Å². The number of hydrogen-bond donors (Lipinski definition) is 2. The van der Waals surface area contributed by atoms with Crippen molar-refractivity contribution in [1.29, 1.82) is 0 Å². The van der Waals surface area contributed by atoms with Crippen molar-refractivity contribution in [3.05, 3.63) is 53.2 Å².